The van der Waals surface area contributed by atoms with Gasteiger partial charge in [-0.1, -0.05) is 6.07 Å². The zero-order valence-electron chi connectivity index (χ0n) is 14.0. The van der Waals surface area contributed by atoms with Gasteiger partial charge in [0.05, 0.1) is 6.10 Å². The lowest BCUT2D eigenvalue weighted by Crippen LogP contribution is -2.35. The van der Waals surface area contributed by atoms with Crippen LogP contribution in [0.4, 0.5) is 0 Å². The molecule has 1 atom stereocenters. The molecule has 0 aromatic carbocycles. The number of likely N-dealkylation sites (tertiary alicyclic amines) is 1. The highest BCUT2D eigenvalue weighted by Gasteiger charge is 2.27. The third kappa shape index (κ3) is 3.66. The molecule has 1 fully saturated rings. The molecule has 4 rings (SSSR count). The van der Waals surface area contributed by atoms with Crippen molar-refractivity contribution in [2.45, 2.75) is 25.5 Å². The first kappa shape index (κ1) is 16.4. The van der Waals surface area contributed by atoms with Crippen molar-refractivity contribution in [2.75, 3.05) is 13.1 Å². The average molecular weight is 354 g/mol. The second-order valence-corrected chi connectivity index (χ2v) is 7.47. The van der Waals surface area contributed by atoms with Crippen molar-refractivity contribution in [1.82, 2.24) is 19.4 Å². The zero-order valence-corrected chi connectivity index (χ0v) is 14.8. The molecule has 0 amide bonds. The minimum Gasteiger partial charge on any atom is -0.387 e. The Morgan fingerprint density at radius 1 is 1.12 bits per heavy atom. The van der Waals surface area contributed by atoms with E-state index in [2.05, 4.69) is 20.9 Å². The highest BCUT2D eigenvalue weighted by Crippen LogP contribution is 2.33. The Kier molecular flexibility index (Phi) is 4.92. The zero-order chi connectivity index (χ0) is 17.1. The Balaban J connectivity index is 1.38. The molecule has 25 heavy (non-hydrogen) atoms. The van der Waals surface area contributed by atoms with Crippen LogP contribution in [0.2, 0.25) is 0 Å². The fraction of sp³-hybridized carbons (Fsp3) is 0.368. The lowest BCUT2D eigenvalue weighted by molar-refractivity contribution is 0.0586. The fourth-order valence-electron chi connectivity index (χ4n) is 3.50. The Morgan fingerprint density at radius 2 is 1.92 bits per heavy atom. The topological polar surface area (TPSA) is 54.2 Å². The van der Waals surface area contributed by atoms with Gasteiger partial charge in [-0.2, -0.15) is 0 Å². The van der Waals surface area contributed by atoms with Crippen LogP contribution in [0.25, 0.3) is 5.95 Å². The lowest BCUT2D eigenvalue weighted by atomic mass is 9.90. The van der Waals surface area contributed by atoms with Gasteiger partial charge in [0.25, 0.3) is 0 Å². The van der Waals surface area contributed by atoms with E-state index in [1.165, 1.54) is 5.69 Å². The number of nitrogens with zero attached hydrogens (tertiary/aromatic N) is 4. The van der Waals surface area contributed by atoms with Crippen LogP contribution < -0.4 is 0 Å². The van der Waals surface area contributed by atoms with E-state index in [0.717, 1.165) is 37.4 Å². The van der Waals surface area contributed by atoms with Gasteiger partial charge in [-0.3, -0.25) is 9.47 Å². The van der Waals surface area contributed by atoms with Gasteiger partial charge in [0.1, 0.15) is 0 Å². The number of aliphatic hydroxyl groups is 1. The monoisotopic (exact) mass is 354 g/mol. The van der Waals surface area contributed by atoms with E-state index in [1.807, 2.05) is 40.4 Å². The summed E-state index contributed by atoms with van der Waals surface area (Å²) in [5.41, 5.74) is 1.20. The van der Waals surface area contributed by atoms with Gasteiger partial charge < -0.3 is 5.11 Å². The number of thiophene rings is 1. The lowest BCUT2D eigenvalue weighted by Gasteiger charge is -2.34. The molecule has 1 saturated heterocycles. The summed E-state index contributed by atoms with van der Waals surface area (Å²) >= 11 is 1.65. The van der Waals surface area contributed by atoms with E-state index in [0.29, 0.717) is 11.9 Å². The first-order valence-electron chi connectivity index (χ1n) is 8.69. The largest absolute Gasteiger partial charge is 0.387 e. The van der Waals surface area contributed by atoms with Crippen molar-refractivity contribution in [2.24, 2.45) is 5.92 Å². The van der Waals surface area contributed by atoms with Crippen LogP contribution >= 0.6 is 11.3 Å². The Bertz CT molecular complexity index is 779. The molecular weight excluding hydrogens is 332 g/mol. The van der Waals surface area contributed by atoms with Gasteiger partial charge in [-0.25, -0.2) is 9.97 Å². The van der Waals surface area contributed by atoms with Crippen molar-refractivity contribution in [3.8, 4) is 5.95 Å². The van der Waals surface area contributed by atoms with Gasteiger partial charge in [-0.05, 0) is 61.5 Å². The van der Waals surface area contributed by atoms with Crippen LogP contribution in [-0.4, -0.2) is 37.6 Å². The summed E-state index contributed by atoms with van der Waals surface area (Å²) in [6.45, 7) is 2.90. The molecule has 1 N–H and O–H groups in total. The van der Waals surface area contributed by atoms with Crippen LogP contribution in [0.1, 0.15) is 29.5 Å². The van der Waals surface area contributed by atoms with Crippen molar-refractivity contribution in [1.29, 1.82) is 0 Å². The van der Waals surface area contributed by atoms with Gasteiger partial charge in [0.2, 0.25) is 5.95 Å². The number of hydrogen-bond donors (Lipinski definition) is 1. The van der Waals surface area contributed by atoms with E-state index < -0.39 is 0 Å². The smallest absolute Gasteiger partial charge is 0.233 e. The molecule has 6 heteroatoms. The molecule has 3 aromatic rings. The molecule has 5 nitrogen and oxygen atoms in total. The Hall–Kier alpha value is -2.02. The van der Waals surface area contributed by atoms with Crippen LogP contribution in [0.3, 0.4) is 0 Å². The first-order valence-corrected chi connectivity index (χ1v) is 9.56. The van der Waals surface area contributed by atoms with Crippen molar-refractivity contribution >= 4 is 11.3 Å². The fourth-order valence-corrected chi connectivity index (χ4v) is 4.31. The number of piperidine rings is 1. The molecule has 0 aliphatic carbocycles. The molecule has 0 spiro atoms. The van der Waals surface area contributed by atoms with Gasteiger partial charge in [-0.15, -0.1) is 11.3 Å². The third-order valence-corrected chi connectivity index (χ3v) is 5.84. The predicted octanol–water partition coefficient (Wildman–Crippen LogP) is 3.27. The SMILES string of the molecule is O[C@H](c1cccs1)C1CCN(Cc2cccn2-c2ncccn2)CC1. The van der Waals surface area contributed by atoms with E-state index in [9.17, 15) is 5.11 Å². The van der Waals surface area contributed by atoms with E-state index in [4.69, 9.17) is 0 Å². The molecule has 0 saturated carbocycles. The molecule has 0 bridgehead atoms. The van der Waals surface area contributed by atoms with E-state index in [1.54, 1.807) is 23.7 Å². The van der Waals surface area contributed by atoms with Crippen LogP contribution in [0, 0.1) is 5.92 Å². The molecule has 0 radical (unpaired) electrons. The molecule has 0 unspecified atom stereocenters. The molecule has 1 aliphatic heterocycles. The summed E-state index contributed by atoms with van der Waals surface area (Å²) in [4.78, 5) is 12.2. The van der Waals surface area contributed by atoms with Crippen molar-refractivity contribution < 1.29 is 5.11 Å². The molecule has 3 aromatic heterocycles. The van der Waals surface area contributed by atoms with Gasteiger partial charge in [0, 0.05) is 35.7 Å². The summed E-state index contributed by atoms with van der Waals surface area (Å²) in [5.74, 6) is 1.07. The van der Waals surface area contributed by atoms with Gasteiger partial charge >= 0.3 is 0 Å². The number of rotatable bonds is 5. The summed E-state index contributed by atoms with van der Waals surface area (Å²) in [6.07, 6.45) is 7.29. The summed E-state index contributed by atoms with van der Waals surface area (Å²) in [6, 6.07) is 10.0. The van der Waals surface area contributed by atoms with E-state index in [-0.39, 0.29) is 6.10 Å². The maximum Gasteiger partial charge on any atom is 0.233 e. The maximum absolute atomic E-state index is 10.5. The number of aliphatic hydroxyl groups excluding tert-OH is 1. The number of hydrogen-bond acceptors (Lipinski definition) is 5. The first-order chi connectivity index (χ1) is 12.3. The Labute approximate surface area is 151 Å². The molecular formula is C19H22N4OS. The molecule has 130 valence electrons. The highest BCUT2D eigenvalue weighted by molar-refractivity contribution is 7.10. The quantitative estimate of drug-likeness (QED) is 0.764. The van der Waals surface area contributed by atoms with Crippen molar-refractivity contribution in [3.05, 3.63) is 64.9 Å². The summed E-state index contributed by atoms with van der Waals surface area (Å²) in [5, 5.41) is 12.6. The van der Waals surface area contributed by atoms with E-state index >= 15 is 0 Å². The van der Waals surface area contributed by atoms with Crippen LogP contribution in [0.15, 0.2) is 54.3 Å². The maximum atomic E-state index is 10.5. The van der Waals surface area contributed by atoms with Crippen molar-refractivity contribution in [3.63, 3.8) is 0 Å². The normalized spacial score (nSPS) is 17.6. The molecule has 4 heterocycles. The second kappa shape index (κ2) is 7.47. The standard InChI is InChI=1S/C19H22N4OS/c24-18(17-5-2-13-25-17)15-6-11-22(12-7-15)14-16-4-1-10-23(16)19-20-8-3-9-21-19/h1-5,8-10,13,15,18,24H,6-7,11-12,14H2/t18-/m0/s1. The molecule has 1 aliphatic rings. The summed E-state index contributed by atoms with van der Waals surface area (Å²) < 4.78 is 2.05. The van der Waals surface area contributed by atoms with Crippen LogP contribution in [0.5, 0.6) is 0 Å². The number of aromatic nitrogens is 3. The second-order valence-electron chi connectivity index (χ2n) is 6.49. The minimum atomic E-state index is -0.316. The highest BCUT2D eigenvalue weighted by atomic mass is 32.1. The summed E-state index contributed by atoms with van der Waals surface area (Å²) in [7, 11) is 0. The minimum absolute atomic E-state index is 0.316. The van der Waals surface area contributed by atoms with Gasteiger partial charge in [0.15, 0.2) is 0 Å². The predicted molar refractivity (Wildman–Crippen MR) is 98.6 cm³/mol. The average Bonchev–Trinajstić information content (AvgIpc) is 3.35. The third-order valence-electron chi connectivity index (χ3n) is 4.90. The Morgan fingerprint density at radius 3 is 2.64 bits per heavy atom. The van der Waals surface area contributed by atoms with Crippen LogP contribution in [-0.2, 0) is 6.54 Å².